The molecular formula is C27H29N3O8. The molecule has 0 unspecified atom stereocenters. The number of aryl methyl sites for hydroxylation is 1. The van der Waals surface area contributed by atoms with Crippen LogP contribution in [0.25, 0.3) is 0 Å². The van der Waals surface area contributed by atoms with Crippen LogP contribution >= 0.6 is 0 Å². The van der Waals surface area contributed by atoms with Crippen molar-refractivity contribution in [1.29, 1.82) is 5.26 Å². The number of phenolic OH excluding ortho intramolecular Hbond substituents is 1. The predicted octanol–water partition coefficient (Wildman–Crippen LogP) is 2.16. The van der Waals surface area contributed by atoms with Gasteiger partial charge < -0.3 is 38.8 Å². The van der Waals surface area contributed by atoms with Gasteiger partial charge in [0.25, 0.3) is 0 Å². The summed E-state index contributed by atoms with van der Waals surface area (Å²) in [6, 6.07) is 3.43. The highest BCUT2D eigenvalue weighted by molar-refractivity contribution is 5.81. The van der Waals surface area contributed by atoms with Gasteiger partial charge in [0.05, 0.1) is 25.3 Å². The van der Waals surface area contributed by atoms with E-state index in [1.165, 1.54) is 14.2 Å². The number of cyclic esters (lactones) is 1. The molecule has 2 aromatic carbocycles. The van der Waals surface area contributed by atoms with Gasteiger partial charge in [-0.2, -0.15) is 5.26 Å². The second kappa shape index (κ2) is 9.23. The van der Waals surface area contributed by atoms with Crippen molar-refractivity contribution in [3.05, 3.63) is 39.9 Å². The summed E-state index contributed by atoms with van der Waals surface area (Å²) in [6.45, 7) is 3.77. The second-order valence-electron chi connectivity index (χ2n) is 9.93. The molecule has 0 saturated carbocycles. The standard InChI is InChI=1S/C27H29N3O8/c1-12-5-14-6-16-17(8-28)30-18(21(29-16)20(14)23(31)24(12)34-4)9-35-27(32)22(30)15-7-19(36-10-33-3)13(2)25-26(15)38-11-37-25/h5,7,16-18,21-22,29,31H,6,9-11H2,1-4H3/t16-,17-,18-,21-,22+/m0/s1. The third-order valence-corrected chi connectivity index (χ3v) is 7.93. The Balaban J connectivity index is 1.50. The molecule has 38 heavy (non-hydrogen) atoms. The number of fused-ring (bicyclic) bond motifs is 7. The van der Waals surface area contributed by atoms with Crippen molar-refractivity contribution in [2.75, 3.05) is 34.4 Å². The Morgan fingerprint density at radius 3 is 2.74 bits per heavy atom. The molecule has 2 N–H and O–H groups in total. The Morgan fingerprint density at radius 2 is 2.00 bits per heavy atom. The van der Waals surface area contributed by atoms with Crippen molar-refractivity contribution in [3.63, 3.8) is 0 Å². The molecular weight excluding hydrogens is 494 g/mol. The Hall–Kier alpha value is -3.72. The maximum Gasteiger partial charge on any atom is 0.328 e. The summed E-state index contributed by atoms with van der Waals surface area (Å²) in [5.41, 5.74) is 3.68. The fourth-order valence-corrected chi connectivity index (χ4v) is 6.36. The van der Waals surface area contributed by atoms with Crippen molar-refractivity contribution in [1.82, 2.24) is 10.2 Å². The number of aromatic hydroxyl groups is 1. The molecule has 4 heterocycles. The maximum atomic E-state index is 13.5. The third-order valence-electron chi connectivity index (χ3n) is 7.93. The molecule has 2 saturated heterocycles. The zero-order valence-electron chi connectivity index (χ0n) is 21.6. The summed E-state index contributed by atoms with van der Waals surface area (Å²) >= 11 is 0. The van der Waals surface area contributed by atoms with Gasteiger partial charge in [-0.05, 0) is 37.5 Å². The zero-order valence-corrected chi connectivity index (χ0v) is 21.6. The highest BCUT2D eigenvalue weighted by Crippen LogP contribution is 2.52. The van der Waals surface area contributed by atoms with Crippen LogP contribution in [0.2, 0.25) is 0 Å². The van der Waals surface area contributed by atoms with Crippen molar-refractivity contribution < 1.29 is 38.3 Å². The molecule has 5 atom stereocenters. The average Bonchev–Trinajstić information content (AvgIpc) is 3.39. The molecule has 0 aromatic heterocycles. The Morgan fingerprint density at radius 1 is 1.21 bits per heavy atom. The van der Waals surface area contributed by atoms with E-state index in [0.717, 1.165) is 11.1 Å². The zero-order chi connectivity index (χ0) is 26.7. The van der Waals surface area contributed by atoms with E-state index in [0.29, 0.717) is 46.1 Å². The molecule has 0 aliphatic carbocycles. The van der Waals surface area contributed by atoms with Crippen LogP contribution in [0, 0.1) is 25.2 Å². The lowest BCUT2D eigenvalue weighted by Crippen LogP contribution is -2.69. The van der Waals surface area contributed by atoms with Crippen molar-refractivity contribution in [2.45, 2.75) is 50.5 Å². The lowest BCUT2D eigenvalue weighted by atomic mass is 9.77. The Kier molecular flexibility index (Phi) is 5.98. The van der Waals surface area contributed by atoms with Crippen LogP contribution in [-0.2, 0) is 20.7 Å². The first-order valence-corrected chi connectivity index (χ1v) is 12.4. The van der Waals surface area contributed by atoms with Gasteiger partial charge in [0.15, 0.2) is 29.8 Å². The third kappa shape index (κ3) is 3.48. The molecule has 11 nitrogen and oxygen atoms in total. The van der Waals surface area contributed by atoms with Crippen molar-refractivity contribution in [2.24, 2.45) is 0 Å². The van der Waals surface area contributed by atoms with E-state index in [9.17, 15) is 15.2 Å². The molecule has 2 fully saturated rings. The van der Waals surface area contributed by atoms with E-state index in [-0.39, 0.29) is 32.0 Å². The number of methoxy groups -OCH3 is 2. The number of benzene rings is 2. The number of nitrogens with zero attached hydrogens (tertiary/aromatic N) is 2. The molecule has 0 radical (unpaired) electrons. The summed E-state index contributed by atoms with van der Waals surface area (Å²) in [4.78, 5) is 15.4. The van der Waals surface area contributed by atoms with Gasteiger partial charge in [-0.1, -0.05) is 6.07 Å². The predicted molar refractivity (Wildman–Crippen MR) is 131 cm³/mol. The van der Waals surface area contributed by atoms with Gasteiger partial charge in [-0.25, -0.2) is 4.79 Å². The molecule has 4 aliphatic heterocycles. The largest absolute Gasteiger partial charge is 0.504 e. The van der Waals surface area contributed by atoms with Crippen LogP contribution < -0.4 is 24.3 Å². The van der Waals surface area contributed by atoms with Gasteiger partial charge in [-0.15, -0.1) is 0 Å². The van der Waals surface area contributed by atoms with E-state index in [2.05, 4.69) is 11.4 Å². The van der Waals surface area contributed by atoms with Crippen LogP contribution in [0.1, 0.15) is 39.9 Å². The van der Waals surface area contributed by atoms with Crippen LogP contribution in [0.5, 0.6) is 28.7 Å². The van der Waals surface area contributed by atoms with E-state index in [1.54, 1.807) is 6.07 Å². The average molecular weight is 524 g/mol. The SMILES string of the molecule is COCOc1cc([C@@H]2C(=O)OC[C@H]3[C@@H]4N[C@@H](Cc5cc(C)c(OC)c(O)c54)[C@H](C#N)N23)c2c(c1C)OCO2. The summed E-state index contributed by atoms with van der Waals surface area (Å²) in [5.74, 6) is 1.36. The van der Waals surface area contributed by atoms with E-state index in [1.807, 2.05) is 24.8 Å². The highest BCUT2D eigenvalue weighted by Gasteiger charge is 2.55. The van der Waals surface area contributed by atoms with Crippen LogP contribution in [0.15, 0.2) is 12.1 Å². The number of piperazine rings is 1. The monoisotopic (exact) mass is 523 g/mol. The number of ether oxygens (including phenoxy) is 6. The summed E-state index contributed by atoms with van der Waals surface area (Å²) in [7, 11) is 3.04. The van der Waals surface area contributed by atoms with Crippen molar-refractivity contribution >= 4 is 5.97 Å². The first kappa shape index (κ1) is 24.6. The van der Waals surface area contributed by atoms with E-state index >= 15 is 0 Å². The lowest BCUT2D eigenvalue weighted by Gasteiger charge is -2.55. The van der Waals surface area contributed by atoms with Crippen molar-refractivity contribution in [3.8, 4) is 34.8 Å². The van der Waals surface area contributed by atoms with Gasteiger partial charge in [0.2, 0.25) is 6.79 Å². The highest BCUT2D eigenvalue weighted by atomic mass is 16.7. The molecule has 2 aromatic rings. The van der Waals surface area contributed by atoms with E-state index in [4.69, 9.17) is 28.4 Å². The fourth-order valence-electron chi connectivity index (χ4n) is 6.36. The van der Waals surface area contributed by atoms with Crippen LogP contribution in [-0.4, -0.2) is 68.5 Å². The molecule has 6 rings (SSSR count). The number of hydrogen-bond acceptors (Lipinski definition) is 11. The first-order valence-electron chi connectivity index (χ1n) is 12.4. The minimum absolute atomic E-state index is 0.00300. The van der Waals surface area contributed by atoms with Gasteiger partial charge in [-0.3, -0.25) is 4.90 Å². The normalized spacial score (nSPS) is 27.1. The maximum absolute atomic E-state index is 13.5. The van der Waals surface area contributed by atoms with Crippen LogP contribution in [0.3, 0.4) is 0 Å². The summed E-state index contributed by atoms with van der Waals surface area (Å²) < 4.78 is 33.7. The van der Waals surface area contributed by atoms with Crippen LogP contribution in [0.4, 0.5) is 0 Å². The number of nitrogens with one attached hydrogen (secondary N) is 1. The summed E-state index contributed by atoms with van der Waals surface area (Å²) in [6.07, 6.45) is 0.501. The molecule has 4 aliphatic rings. The summed E-state index contributed by atoms with van der Waals surface area (Å²) in [5, 5.41) is 25.2. The van der Waals surface area contributed by atoms with E-state index < -0.39 is 30.1 Å². The minimum atomic E-state index is -0.956. The molecule has 0 amide bonds. The number of phenols is 1. The number of nitriles is 1. The molecule has 200 valence electrons. The Labute approximate surface area is 219 Å². The van der Waals surface area contributed by atoms with Gasteiger partial charge >= 0.3 is 5.97 Å². The molecule has 2 bridgehead atoms. The number of carbonyl (C=O) groups is 1. The smallest absolute Gasteiger partial charge is 0.328 e. The topological polar surface area (TPSA) is 132 Å². The van der Waals surface area contributed by atoms with Gasteiger partial charge in [0, 0.05) is 29.8 Å². The quantitative estimate of drug-likeness (QED) is 0.441. The number of hydrogen-bond donors (Lipinski definition) is 2. The number of carbonyl (C=O) groups excluding carboxylic acids is 1. The minimum Gasteiger partial charge on any atom is -0.504 e. The lowest BCUT2D eigenvalue weighted by molar-refractivity contribution is -0.171. The first-order chi connectivity index (χ1) is 18.4. The Bertz CT molecular complexity index is 1360. The number of morpholine rings is 1. The number of rotatable bonds is 5. The number of esters is 1. The molecule has 0 spiro atoms. The van der Waals surface area contributed by atoms with Gasteiger partial charge in [0.1, 0.15) is 24.4 Å². The fraction of sp³-hybridized carbons (Fsp3) is 0.481. The molecule has 11 heteroatoms. The second-order valence-corrected chi connectivity index (χ2v) is 9.93.